The van der Waals surface area contributed by atoms with E-state index < -0.39 is 0 Å². The number of hydrogen-bond donors (Lipinski definition) is 2. The third-order valence-electron chi connectivity index (χ3n) is 4.37. The molecular weight excluding hydrogens is 323 g/mol. The number of amides is 2. The topological polar surface area (TPSA) is 76.0 Å². The normalized spacial score (nSPS) is 16.2. The van der Waals surface area contributed by atoms with E-state index in [9.17, 15) is 14.0 Å². The SMILES string of the molecule is CC(=O)NCCNC(=O)C1CCc2ncc(-c3ccc(F)cc3)n2C1. The van der Waals surface area contributed by atoms with Crippen molar-refractivity contribution >= 4 is 11.8 Å². The zero-order valence-electron chi connectivity index (χ0n) is 14.1. The van der Waals surface area contributed by atoms with Crippen molar-refractivity contribution in [2.24, 2.45) is 5.92 Å². The van der Waals surface area contributed by atoms with E-state index in [0.717, 1.165) is 29.9 Å². The fraction of sp³-hybridized carbons (Fsp3) is 0.389. The summed E-state index contributed by atoms with van der Waals surface area (Å²) in [5.74, 6) is 0.395. The minimum Gasteiger partial charge on any atom is -0.355 e. The molecule has 0 fully saturated rings. The summed E-state index contributed by atoms with van der Waals surface area (Å²) >= 11 is 0. The standard InChI is InChI=1S/C18H21FN4O2/c1-12(24)20-8-9-21-18(25)14-4-7-17-22-10-16(23(17)11-14)13-2-5-15(19)6-3-13/h2-3,5-6,10,14H,4,7-9,11H2,1H3,(H,20,24)(H,21,25). The first kappa shape index (κ1) is 17.1. The highest BCUT2D eigenvalue weighted by molar-refractivity contribution is 5.79. The number of carbonyl (C=O) groups excluding carboxylic acids is 2. The quantitative estimate of drug-likeness (QED) is 0.807. The Bertz CT molecular complexity index is 770. The fourth-order valence-electron chi connectivity index (χ4n) is 3.07. The first-order chi connectivity index (χ1) is 12.0. The van der Waals surface area contributed by atoms with Crippen LogP contribution in [0, 0.1) is 11.7 Å². The van der Waals surface area contributed by atoms with Gasteiger partial charge in [-0.1, -0.05) is 0 Å². The molecule has 0 aliphatic carbocycles. The van der Waals surface area contributed by atoms with Crippen LogP contribution in [0.2, 0.25) is 0 Å². The Hall–Kier alpha value is -2.70. The first-order valence-electron chi connectivity index (χ1n) is 8.37. The van der Waals surface area contributed by atoms with Gasteiger partial charge in [0.05, 0.1) is 17.8 Å². The number of aromatic nitrogens is 2. The minimum absolute atomic E-state index is 0.0187. The summed E-state index contributed by atoms with van der Waals surface area (Å²) < 4.78 is 15.2. The van der Waals surface area contributed by atoms with Crippen LogP contribution in [-0.2, 0) is 22.6 Å². The van der Waals surface area contributed by atoms with Gasteiger partial charge in [-0.2, -0.15) is 0 Å². The summed E-state index contributed by atoms with van der Waals surface area (Å²) in [4.78, 5) is 27.6. The average Bonchev–Trinajstić information content (AvgIpc) is 3.02. The van der Waals surface area contributed by atoms with Gasteiger partial charge >= 0.3 is 0 Å². The zero-order chi connectivity index (χ0) is 17.8. The maximum absolute atomic E-state index is 13.1. The largest absolute Gasteiger partial charge is 0.355 e. The van der Waals surface area contributed by atoms with Gasteiger partial charge < -0.3 is 15.2 Å². The van der Waals surface area contributed by atoms with Crippen LogP contribution in [-0.4, -0.2) is 34.5 Å². The van der Waals surface area contributed by atoms with Crippen molar-refractivity contribution in [1.29, 1.82) is 0 Å². The molecule has 3 rings (SSSR count). The molecule has 0 radical (unpaired) electrons. The molecule has 0 saturated carbocycles. The van der Waals surface area contributed by atoms with Gasteiger partial charge in [0, 0.05) is 33.0 Å². The molecule has 1 atom stereocenters. The molecular formula is C18H21FN4O2. The van der Waals surface area contributed by atoms with E-state index in [1.165, 1.54) is 19.1 Å². The van der Waals surface area contributed by atoms with Crippen LogP contribution in [0.3, 0.4) is 0 Å². The molecule has 6 nitrogen and oxygen atoms in total. The third kappa shape index (κ3) is 4.04. The minimum atomic E-state index is -0.279. The molecule has 2 amide bonds. The van der Waals surface area contributed by atoms with E-state index in [-0.39, 0.29) is 23.5 Å². The number of nitrogens with one attached hydrogen (secondary N) is 2. The van der Waals surface area contributed by atoms with Gasteiger partial charge in [0.2, 0.25) is 11.8 Å². The van der Waals surface area contributed by atoms with E-state index in [0.29, 0.717) is 19.6 Å². The second-order valence-electron chi connectivity index (χ2n) is 6.19. The van der Waals surface area contributed by atoms with Crippen molar-refractivity contribution in [2.75, 3.05) is 13.1 Å². The van der Waals surface area contributed by atoms with Crippen molar-refractivity contribution in [3.63, 3.8) is 0 Å². The summed E-state index contributed by atoms with van der Waals surface area (Å²) in [7, 11) is 0. The summed E-state index contributed by atoms with van der Waals surface area (Å²) in [6, 6.07) is 6.28. The second-order valence-corrected chi connectivity index (χ2v) is 6.19. The van der Waals surface area contributed by atoms with Crippen LogP contribution >= 0.6 is 0 Å². The molecule has 0 spiro atoms. The van der Waals surface area contributed by atoms with Gasteiger partial charge in [-0.05, 0) is 36.2 Å². The van der Waals surface area contributed by atoms with Crippen LogP contribution in [0.15, 0.2) is 30.5 Å². The van der Waals surface area contributed by atoms with Crippen molar-refractivity contribution in [3.8, 4) is 11.3 Å². The molecule has 2 aromatic rings. The molecule has 2 heterocycles. The first-order valence-corrected chi connectivity index (χ1v) is 8.37. The Morgan fingerprint density at radius 3 is 2.68 bits per heavy atom. The van der Waals surface area contributed by atoms with Crippen LogP contribution in [0.25, 0.3) is 11.3 Å². The lowest BCUT2D eigenvalue weighted by molar-refractivity contribution is -0.126. The van der Waals surface area contributed by atoms with E-state index in [4.69, 9.17) is 0 Å². The molecule has 0 saturated heterocycles. The van der Waals surface area contributed by atoms with E-state index in [2.05, 4.69) is 15.6 Å². The van der Waals surface area contributed by atoms with Crippen LogP contribution < -0.4 is 10.6 Å². The van der Waals surface area contributed by atoms with Crippen molar-refractivity contribution in [2.45, 2.75) is 26.3 Å². The van der Waals surface area contributed by atoms with Crippen LogP contribution in [0.5, 0.6) is 0 Å². The number of halogens is 1. The van der Waals surface area contributed by atoms with Gasteiger partial charge in [0.25, 0.3) is 0 Å². The van der Waals surface area contributed by atoms with Crippen LogP contribution in [0.1, 0.15) is 19.2 Å². The highest BCUT2D eigenvalue weighted by Gasteiger charge is 2.27. The number of imidazole rings is 1. The molecule has 1 aliphatic heterocycles. The van der Waals surface area contributed by atoms with E-state index in [1.807, 2.05) is 4.57 Å². The second kappa shape index (κ2) is 7.46. The van der Waals surface area contributed by atoms with Crippen molar-refractivity contribution < 1.29 is 14.0 Å². The molecule has 2 N–H and O–H groups in total. The summed E-state index contributed by atoms with van der Waals surface area (Å²) in [6.07, 6.45) is 3.25. The lowest BCUT2D eigenvalue weighted by Crippen LogP contribution is -2.39. The number of aryl methyl sites for hydroxylation is 1. The third-order valence-corrected chi connectivity index (χ3v) is 4.37. The number of rotatable bonds is 5. The Morgan fingerprint density at radius 2 is 1.96 bits per heavy atom. The molecule has 1 unspecified atom stereocenters. The van der Waals surface area contributed by atoms with E-state index >= 15 is 0 Å². The van der Waals surface area contributed by atoms with Crippen molar-refractivity contribution in [1.82, 2.24) is 20.2 Å². The van der Waals surface area contributed by atoms with Gasteiger partial charge in [-0.3, -0.25) is 9.59 Å². The summed E-state index contributed by atoms with van der Waals surface area (Å²) in [5.41, 5.74) is 1.78. The highest BCUT2D eigenvalue weighted by atomic mass is 19.1. The number of fused-ring (bicyclic) bond motifs is 1. The van der Waals surface area contributed by atoms with Gasteiger partial charge in [-0.15, -0.1) is 0 Å². The Kier molecular flexibility index (Phi) is 5.11. The maximum atomic E-state index is 13.1. The Labute approximate surface area is 145 Å². The Balaban J connectivity index is 1.66. The predicted molar refractivity (Wildman–Crippen MR) is 91.1 cm³/mol. The molecule has 1 aromatic heterocycles. The van der Waals surface area contributed by atoms with Gasteiger partial charge in [-0.25, -0.2) is 9.37 Å². The molecule has 7 heteroatoms. The van der Waals surface area contributed by atoms with Gasteiger partial charge in [0.15, 0.2) is 0 Å². The summed E-state index contributed by atoms with van der Waals surface area (Å²) in [6.45, 7) is 2.83. The molecule has 1 aromatic carbocycles. The highest BCUT2D eigenvalue weighted by Crippen LogP contribution is 2.27. The average molecular weight is 344 g/mol. The lowest BCUT2D eigenvalue weighted by Gasteiger charge is -2.24. The number of hydrogen-bond acceptors (Lipinski definition) is 3. The molecule has 1 aliphatic rings. The van der Waals surface area contributed by atoms with E-state index in [1.54, 1.807) is 18.3 Å². The maximum Gasteiger partial charge on any atom is 0.224 e. The summed E-state index contributed by atoms with van der Waals surface area (Å²) in [5, 5.41) is 5.51. The monoisotopic (exact) mass is 344 g/mol. The lowest BCUT2D eigenvalue weighted by atomic mass is 9.98. The predicted octanol–water partition coefficient (Wildman–Crippen LogP) is 1.50. The molecule has 132 valence electrons. The molecule has 25 heavy (non-hydrogen) atoms. The fourth-order valence-corrected chi connectivity index (χ4v) is 3.07. The van der Waals surface area contributed by atoms with Gasteiger partial charge in [0.1, 0.15) is 11.6 Å². The zero-order valence-corrected chi connectivity index (χ0v) is 14.1. The van der Waals surface area contributed by atoms with Crippen molar-refractivity contribution in [3.05, 3.63) is 42.1 Å². The molecule has 0 bridgehead atoms. The number of benzene rings is 1. The Morgan fingerprint density at radius 1 is 1.24 bits per heavy atom. The van der Waals surface area contributed by atoms with Crippen LogP contribution in [0.4, 0.5) is 4.39 Å². The number of nitrogens with zero attached hydrogens (tertiary/aromatic N) is 2. The number of carbonyl (C=O) groups is 2. The smallest absolute Gasteiger partial charge is 0.224 e.